The van der Waals surface area contributed by atoms with E-state index < -0.39 is 11.0 Å². The molecule has 0 amide bonds. The van der Waals surface area contributed by atoms with Gasteiger partial charge in [-0.3, -0.25) is 4.79 Å². The van der Waals surface area contributed by atoms with Gasteiger partial charge in [-0.1, -0.05) is 0 Å². The van der Waals surface area contributed by atoms with E-state index in [0.717, 1.165) is 31.1 Å². The number of alkyl halides is 1. The van der Waals surface area contributed by atoms with E-state index in [9.17, 15) is 9.59 Å². The molecule has 4 bridgehead atoms. The molecule has 4 aliphatic rings. The Morgan fingerprint density at radius 3 is 2.64 bits per heavy atom. The van der Waals surface area contributed by atoms with Crippen LogP contribution in [-0.2, 0) is 16.1 Å². The van der Waals surface area contributed by atoms with Crippen molar-refractivity contribution in [1.82, 2.24) is 0 Å². The monoisotopic (exact) mass is 402 g/mol. The molecular weight excluding hydrogens is 380 g/mol. The molecule has 0 N–H and O–H groups in total. The molecule has 148 valence electrons. The maximum Gasteiger partial charge on any atom is 0.336 e. The highest BCUT2D eigenvalue weighted by atomic mass is 35.5. The molecule has 1 aromatic carbocycles. The van der Waals surface area contributed by atoms with Gasteiger partial charge in [0.1, 0.15) is 17.9 Å². The lowest BCUT2D eigenvalue weighted by Crippen LogP contribution is -2.56. The van der Waals surface area contributed by atoms with Crippen molar-refractivity contribution in [3.8, 4) is 5.75 Å². The summed E-state index contributed by atoms with van der Waals surface area (Å²) in [6, 6.07) is 6.67. The van der Waals surface area contributed by atoms with Crippen LogP contribution in [0.5, 0.6) is 5.75 Å². The molecule has 1 aromatic heterocycles. The highest BCUT2D eigenvalue weighted by molar-refractivity contribution is 6.24. The predicted octanol–water partition coefficient (Wildman–Crippen LogP) is 4.42. The zero-order chi connectivity index (χ0) is 19.5. The second-order valence-electron chi connectivity index (χ2n) is 8.92. The zero-order valence-corrected chi connectivity index (χ0v) is 16.6. The molecule has 0 saturated heterocycles. The maximum absolute atomic E-state index is 13.1. The minimum atomic E-state index is -0.471. The van der Waals surface area contributed by atoms with Crippen molar-refractivity contribution >= 4 is 28.5 Å². The lowest BCUT2D eigenvalue weighted by Gasteiger charge is -2.58. The fourth-order valence-electron chi connectivity index (χ4n) is 6.14. The molecule has 4 saturated carbocycles. The standard InChI is InChI=1S/C22H23ClO5/c1-26-16-2-3-17-15(5-19(24)28-18(17)6-16)11-27-20(25)21-7-13-4-14(8-21)10-22(23,9-13)12-21/h2-3,5-6,13-14H,4,7-12H2,1H3/t13-,14+,21?,22?. The molecule has 1 heterocycles. The van der Waals surface area contributed by atoms with Crippen molar-refractivity contribution in [2.24, 2.45) is 17.3 Å². The summed E-state index contributed by atoms with van der Waals surface area (Å²) in [5.41, 5.74) is 0.144. The first-order valence-electron chi connectivity index (χ1n) is 9.85. The van der Waals surface area contributed by atoms with Gasteiger partial charge in [0.25, 0.3) is 0 Å². The van der Waals surface area contributed by atoms with Gasteiger partial charge in [-0.2, -0.15) is 0 Å². The maximum atomic E-state index is 13.1. The van der Waals surface area contributed by atoms with Crippen LogP contribution in [0.15, 0.2) is 33.5 Å². The van der Waals surface area contributed by atoms with Gasteiger partial charge in [0.15, 0.2) is 0 Å². The Kier molecular flexibility index (Phi) is 4.02. The van der Waals surface area contributed by atoms with E-state index in [-0.39, 0.29) is 17.5 Å². The topological polar surface area (TPSA) is 65.7 Å². The van der Waals surface area contributed by atoms with Gasteiger partial charge in [0.05, 0.1) is 12.5 Å². The second kappa shape index (κ2) is 6.24. The van der Waals surface area contributed by atoms with Gasteiger partial charge >= 0.3 is 11.6 Å². The second-order valence-corrected chi connectivity index (χ2v) is 9.72. The smallest absolute Gasteiger partial charge is 0.336 e. The molecule has 0 aliphatic heterocycles. The summed E-state index contributed by atoms with van der Waals surface area (Å²) in [7, 11) is 1.56. The van der Waals surface area contributed by atoms with Crippen molar-refractivity contribution in [3.05, 3.63) is 40.2 Å². The van der Waals surface area contributed by atoms with Crippen molar-refractivity contribution in [2.75, 3.05) is 7.11 Å². The predicted molar refractivity (Wildman–Crippen MR) is 105 cm³/mol. The van der Waals surface area contributed by atoms with Crippen molar-refractivity contribution in [2.45, 2.75) is 50.0 Å². The Hall–Kier alpha value is -2.01. The van der Waals surface area contributed by atoms with Gasteiger partial charge < -0.3 is 13.9 Å². The Bertz CT molecular complexity index is 996. The van der Waals surface area contributed by atoms with E-state index >= 15 is 0 Å². The molecule has 0 radical (unpaired) electrons. The molecule has 4 aliphatic carbocycles. The van der Waals surface area contributed by atoms with E-state index in [0.29, 0.717) is 35.2 Å². The number of carbonyl (C=O) groups excluding carboxylic acids is 1. The summed E-state index contributed by atoms with van der Waals surface area (Å²) < 4.78 is 16.2. The minimum absolute atomic E-state index is 0.0552. The number of halogens is 1. The van der Waals surface area contributed by atoms with E-state index in [4.69, 9.17) is 25.5 Å². The first-order valence-corrected chi connectivity index (χ1v) is 10.2. The van der Waals surface area contributed by atoms with Crippen molar-refractivity contribution in [1.29, 1.82) is 0 Å². The summed E-state index contributed by atoms with van der Waals surface area (Å²) in [6.45, 7) is 0.0552. The van der Waals surface area contributed by atoms with Crippen LogP contribution in [0.2, 0.25) is 0 Å². The highest BCUT2D eigenvalue weighted by Gasteiger charge is 2.60. The van der Waals surface area contributed by atoms with Crippen LogP contribution in [0.25, 0.3) is 11.0 Å². The third-order valence-electron chi connectivity index (χ3n) is 6.82. The molecule has 2 unspecified atom stereocenters. The third kappa shape index (κ3) is 2.91. The fraction of sp³-hybridized carbons (Fsp3) is 0.545. The number of benzene rings is 1. The van der Waals surface area contributed by atoms with E-state index in [1.807, 2.05) is 6.07 Å². The summed E-state index contributed by atoms with van der Waals surface area (Å²) >= 11 is 6.84. The Morgan fingerprint density at radius 2 is 1.96 bits per heavy atom. The van der Waals surface area contributed by atoms with Crippen molar-refractivity contribution in [3.63, 3.8) is 0 Å². The quantitative estimate of drug-likeness (QED) is 0.430. The Labute approximate surface area is 167 Å². The average molecular weight is 403 g/mol. The zero-order valence-electron chi connectivity index (χ0n) is 15.8. The molecule has 5 nitrogen and oxygen atoms in total. The molecule has 6 heteroatoms. The highest BCUT2D eigenvalue weighted by Crippen LogP contribution is 2.64. The summed E-state index contributed by atoms with van der Waals surface area (Å²) in [5, 5.41) is 0.743. The number of ether oxygens (including phenoxy) is 2. The van der Waals surface area contributed by atoms with Gasteiger partial charge in [0.2, 0.25) is 0 Å². The number of carbonyl (C=O) groups is 1. The van der Waals surface area contributed by atoms with Crippen molar-refractivity contribution < 1.29 is 18.7 Å². The Morgan fingerprint density at radius 1 is 1.21 bits per heavy atom. The third-order valence-corrected chi connectivity index (χ3v) is 7.26. The molecule has 2 aromatic rings. The summed E-state index contributed by atoms with van der Waals surface area (Å²) in [4.78, 5) is 24.8. The van der Waals surface area contributed by atoms with Crippen LogP contribution in [-0.4, -0.2) is 18.0 Å². The summed E-state index contributed by atoms with van der Waals surface area (Å²) in [6.07, 6.45) is 5.70. The van der Waals surface area contributed by atoms with Gasteiger partial charge in [-0.05, 0) is 62.5 Å². The lowest BCUT2D eigenvalue weighted by molar-refractivity contribution is -0.171. The SMILES string of the molecule is COc1ccc2c(COC(=O)C34C[C@@H]5C[C@@H](CC(Cl)(C5)C3)C4)cc(=O)oc2c1. The van der Waals surface area contributed by atoms with Crippen LogP contribution in [0.3, 0.4) is 0 Å². The molecule has 6 rings (SSSR count). The number of rotatable bonds is 4. The normalized spacial score (nSPS) is 33.2. The molecule has 28 heavy (non-hydrogen) atoms. The first-order chi connectivity index (χ1) is 13.4. The van der Waals surface area contributed by atoms with Gasteiger partial charge in [-0.15, -0.1) is 11.6 Å². The Balaban J connectivity index is 1.39. The minimum Gasteiger partial charge on any atom is -0.497 e. The fourth-order valence-corrected chi connectivity index (χ4v) is 6.83. The van der Waals surface area contributed by atoms with E-state index in [1.54, 1.807) is 19.2 Å². The van der Waals surface area contributed by atoms with E-state index in [1.165, 1.54) is 12.5 Å². The molecule has 4 fully saturated rings. The van der Waals surface area contributed by atoms with Gasteiger partial charge in [-0.25, -0.2) is 4.79 Å². The van der Waals surface area contributed by atoms with Gasteiger partial charge in [0, 0.05) is 28.0 Å². The van der Waals surface area contributed by atoms with Crippen LogP contribution in [0.1, 0.15) is 44.1 Å². The number of hydrogen-bond acceptors (Lipinski definition) is 5. The number of esters is 1. The number of fused-ring (bicyclic) bond motifs is 1. The van der Waals surface area contributed by atoms with Crippen LogP contribution < -0.4 is 10.4 Å². The average Bonchev–Trinajstić information content (AvgIpc) is 2.63. The number of hydrogen-bond donors (Lipinski definition) is 0. The molecular formula is C22H23ClO5. The number of methoxy groups -OCH3 is 1. The first kappa shape index (κ1) is 18.0. The van der Waals surface area contributed by atoms with Crippen LogP contribution in [0, 0.1) is 17.3 Å². The van der Waals surface area contributed by atoms with Crippen LogP contribution >= 0.6 is 11.6 Å². The van der Waals surface area contributed by atoms with E-state index in [2.05, 4.69) is 0 Å². The largest absolute Gasteiger partial charge is 0.497 e. The molecule has 4 atom stereocenters. The molecule has 0 spiro atoms. The summed E-state index contributed by atoms with van der Waals surface area (Å²) in [5.74, 6) is 1.50. The van der Waals surface area contributed by atoms with Crippen LogP contribution in [0.4, 0.5) is 0 Å². The lowest BCUT2D eigenvalue weighted by atomic mass is 9.49.